The van der Waals surface area contributed by atoms with Crippen molar-refractivity contribution < 1.29 is 14.3 Å². The van der Waals surface area contributed by atoms with Gasteiger partial charge in [0.15, 0.2) is 0 Å². The summed E-state index contributed by atoms with van der Waals surface area (Å²) in [5.74, 6) is 0.107. The van der Waals surface area contributed by atoms with E-state index in [4.69, 9.17) is 0 Å². The van der Waals surface area contributed by atoms with Gasteiger partial charge in [-0.05, 0) is 5.56 Å². The summed E-state index contributed by atoms with van der Waals surface area (Å²) in [6, 6.07) is 9.07. The minimum Gasteiger partial charge on any atom is -0.453 e. The minimum atomic E-state index is -0.525. The quantitative estimate of drug-likeness (QED) is 0.852. The first-order valence-corrected chi connectivity index (χ1v) is 5.58. The van der Waals surface area contributed by atoms with E-state index < -0.39 is 6.09 Å². The van der Waals surface area contributed by atoms with Crippen molar-refractivity contribution in [2.45, 2.75) is 25.8 Å². The molecule has 0 saturated heterocycles. The van der Waals surface area contributed by atoms with Crippen LogP contribution in [0.1, 0.15) is 31.4 Å². The topological polar surface area (TPSA) is 55.4 Å². The average molecular weight is 235 g/mol. The number of ketones is 1. The van der Waals surface area contributed by atoms with Crippen LogP contribution < -0.4 is 5.32 Å². The van der Waals surface area contributed by atoms with Gasteiger partial charge in [0.2, 0.25) is 0 Å². The molecule has 1 rings (SSSR count). The van der Waals surface area contributed by atoms with Gasteiger partial charge in [-0.15, -0.1) is 0 Å². The lowest BCUT2D eigenvalue weighted by atomic mass is 10.0. The summed E-state index contributed by atoms with van der Waals surface area (Å²) in [5.41, 5.74) is 0.903. The number of benzene rings is 1. The number of rotatable bonds is 5. The zero-order valence-corrected chi connectivity index (χ0v) is 10.1. The fraction of sp³-hybridized carbons (Fsp3) is 0.385. The number of hydrogen-bond donors (Lipinski definition) is 1. The number of methoxy groups -OCH3 is 1. The van der Waals surface area contributed by atoms with Crippen LogP contribution in [0, 0.1) is 0 Å². The molecule has 1 atom stereocenters. The van der Waals surface area contributed by atoms with Crippen molar-refractivity contribution in [3.8, 4) is 0 Å². The molecule has 1 N–H and O–H groups in total. The van der Waals surface area contributed by atoms with Crippen molar-refractivity contribution >= 4 is 11.9 Å². The third-order valence-corrected chi connectivity index (χ3v) is 2.51. The molecule has 92 valence electrons. The van der Waals surface area contributed by atoms with E-state index >= 15 is 0 Å². The third kappa shape index (κ3) is 4.26. The minimum absolute atomic E-state index is 0.107. The van der Waals surface area contributed by atoms with Gasteiger partial charge >= 0.3 is 6.09 Å². The summed E-state index contributed by atoms with van der Waals surface area (Å²) in [6.07, 6.45) is 0.227. The summed E-state index contributed by atoms with van der Waals surface area (Å²) >= 11 is 0. The average Bonchev–Trinajstić information content (AvgIpc) is 2.38. The molecule has 17 heavy (non-hydrogen) atoms. The van der Waals surface area contributed by atoms with Crippen LogP contribution in [0.4, 0.5) is 4.79 Å². The second-order valence-electron chi connectivity index (χ2n) is 3.70. The molecule has 1 aromatic rings. The van der Waals surface area contributed by atoms with Gasteiger partial charge in [-0.3, -0.25) is 4.79 Å². The molecule has 0 spiro atoms. The van der Waals surface area contributed by atoms with Gasteiger partial charge < -0.3 is 10.1 Å². The van der Waals surface area contributed by atoms with Crippen molar-refractivity contribution in [1.82, 2.24) is 5.32 Å². The molecule has 0 saturated carbocycles. The monoisotopic (exact) mass is 235 g/mol. The van der Waals surface area contributed by atoms with Gasteiger partial charge in [-0.1, -0.05) is 37.3 Å². The van der Waals surface area contributed by atoms with E-state index in [1.54, 1.807) is 0 Å². The van der Waals surface area contributed by atoms with Crippen molar-refractivity contribution in [3.05, 3.63) is 35.9 Å². The predicted molar refractivity (Wildman–Crippen MR) is 64.6 cm³/mol. The summed E-state index contributed by atoms with van der Waals surface area (Å²) < 4.78 is 4.56. The Labute approximate surface area is 101 Å². The fourth-order valence-corrected chi connectivity index (χ4v) is 1.51. The van der Waals surface area contributed by atoms with Crippen LogP contribution in [0.5, 0.6) is 0 Å². The fourth-order valence-electron chi connectivity index (χ4n) is 1.51. The zero-order chi connectivity index (χ0) is 12.7. The largest absolute Gasteiger partial charge is 0.453 e. The van der Waals surface area contributed by atoms with Crippen LogP contribution in [0.2, 0.25) is 0 Å². The molecule has 1 aromatic carbocycles. The van der Waals surface area contributed by atoms with Gasteiger partial charge in [0.25, 0.3) is 0 Å². The summed E-state index contributed by atoms with van der Waals surface area (Å²) in [5, 5.41) is 2.67. The first-order valence-electron chi connectivity index (χ1n) is 5.58. The number of ether oxygens (including phenoxy) is 1. The normalized spacial score (nSPS) is 11.6. The third-order valence-electron chi connectivity index (χ3n) is 2.51. The van der Waals surface area contributed by atoms with Crippen LogP contribution in [0.3, 0.4) is 0 Å². The Kier molecular flexibility index (Phi) is 5.20. The van der Waals surface area contributed by atoms with Gasteiger partial charge in [-0.25, -0.2) is 4.79 Å². The van der Waals surface area contributed by atoms with Crippen LogP contribution in [0.25, 0.3) is 0 Å². The van der Waals surface area contributed by atoms with Crippen molar-refractivity contribution in [2.24, 2.45) is 0 Å². The van der Waals surface area contributed by atoms with Gasteiger partial charge in [0.05, 0.1) is 13.2 Å². The number of carbonyl (C=O) groups excluding carboxylic acids is 2. The van der Waals surface area contributed by atoms with Crippen LogP contribution in [-0.4, -0.2) is 19.0 Å². The molecule has 0 aliphatic carbocycles. The maximum absolute atomic E-state index is 11.5. The molecule has 4 nitrogen and oxygen atoms in total. The Balaban J connectivity index is 2.79. The molecule has 0 heterocycles. The van der Waals surface area contributed by atoms with Crippen LogP contribution >= 0.6 is 0 Å². The van der Waals surface area contributed by atoms with E-state index in [-0.39, 0.29) is 18.2 Å². The predicted octanol–water partition coefficient (Wildman–Crippen LogP) is 2.45. The molecular weight excluding hydrogens is 218 g/mol. The van der Waals surface area contributed by atoms with E-state index in [2.05, 4.69) is 10.1 Å². The number of hydrogen-bond acceptors (Lipinski definition) is 3. The Morgan fingerprint density at radius 2 is 1.94 bits per heavy atom. The second-order valence-corrected chi connectivity index (χ2v) is 3.70. The standard InChI is InChI=1S/C13H17NO3/c1-3-11(15)9-12(14-13(16)17-2)10-7-5-4-6-8-10/h4-8,12H,3,9H2,1-2H3,(H,14,16)/t12-/m0/s1. The van der Waals surface area contributed by atoms with Gasteiger partial charge in [-0.2, -0.15) is 0 Å². The number of Topliss-reactive ketones (excluding diaryl/α,β-unsaturated/α-hetero) is 1. The highest BCUT2D eigenvalue weighted by molar-refractivity contribution is 5.79. The number of amides is 1. The zero-order valence-electron chi connectivity index (χ0n) is 10.1. The molecule has 0 aliphatic heterocycles. The van der Waals surface area contributed by atoms with E-state index in [0.29, 0.717) is 6.42 Å². The van der Waals surface area contributed by atoms with Crippen molar-refractivity contribution in [3.63, 3.8) is 0 Å². The Bertz CT molecular complexity index is 358. The second kappa shape index (κ2) is 6.68. The number of nitrogens with one attached hydrogen (secondary N) is 1. The molecule has 4 heteroatoms. The van der Waals surface area contributed by atoms with E-state index in [1.807, 2.05) is 37.3 Å². The SMILES string of the molecule is CCC(=O)C[C@H](NC(=O)OC)c1ccccc1. The highest BCUT2D eigenvalue weighted by atomic mass is 16.5. The molecular formula is C13H17NO3. The van der Waals surface area contributed by atoms with E-state index in [1.165, 1.54) is 7.11 Å². The Hall–Kier alpha value is -1.84. The maximum Gasteiger partial charge on any atom is 0.407 e. The van der Waals surface area contributed by atoms with Gasteiger partial charge in [0.1, 0.15) is 5.78 Å². The molecule has 0 unspecified atom stereocenters. The maximum atomic E-state index is 11.5. The molecule has 0 radical (unpaired) electrons. The lowest BCUT2D eigenvalue weighted by molar-refractivity contribution is -0.119. The summed E-state index contributed by atoms with van der Waals surface area (Å²) in [6.45, 7) is 1.81. The molecule has 0 fully saturated rings. The van der Waals surface area contributed by atoms with Crippen molar-refractivity contribution in [2.75, 3.05) is 7.11 Å². The first kappa shape index (κ1) is 13.2. The lowest BCUT2D eigenvalue weighted by Crippen LogP contribution is -2.29. The van der Waals surface area contributed by atoms with Crippen LogP contribution in [0.15, 0.2) is 30.3 Å². The number of carbonyl (C=O) groups is 2. The molecule has 0 aliphatic rings. The molecule has 0 bridgehead atoms. The highest BCUT2D eigenvalue weighted by Crippen LogP contribution is 2.17. The van der Waals surface area contributed by atoms with Crippen molar-refractivity contribution in [1.29, 1.82) is 0 Å². The van der Waals surface area contributed by atoms with E-state index in [9.17, 15) is 9.59 Å². The molecule has 0 aromatic heterocycles. The lowest BCUT2D eigenvalue weighted by Gasteiger charge is -2.17. The van der Waals surface area contributed by atoms with Gasteiger partial charge in [0, 0.05) is 12.8 Å². The number of alkyl carbamates (subject to hydrolysis) is 1. The summed E-state index contributed by atoms with van der Waals surface area (Å²) in [4.78, 5) is 22.7. The van der Waals surface area contributed by atoms with Crippen LogP contribution in [-0.2, 0) is 9.53 Å². The Morgan fingerprint density at radius 3 is 2.47 bits per heavy atom. The highest BCUT2D eigenvalue weighted by Gasteiger charge is 2.17. The summed E-state index contributed by atoms with van der Waals surface area (Å²) in [7, 11) is 1.30. The molecule has 1 amide bonds. The Morgan fingerprint density at radius 1 is 1.29 bits per heavy atom. The van der Waals surface area contributed by atoms with E-state index in [0.717, 1.165) is 5.56 Å². The first-order chi connectivity index (χ1) is 8.17. The smallest absolute Gasteiger partial charge is 0.407 e.